The Morgan fingerprint density at radius 1 is 1.25 bits per heavy atom. The summed E-state index contributed by atoms with van der Waals surface area (Å²) in [6.45, 7) is 5.46. The summed E-state index contributed by atoms with van der Waals surface area (Å²) >= 11 is 0. The monoisotopic (exact) mass is 285 g/mol. The molecular weight excluding hydrogens is 258 g/mol. The van der Waals surface area contributed by atoms with E-state index in [1.54, 1.807) is 19.0 Å². The fourth-order valence-corrected chi connectivity index (χ4v) is 2.43. The van der Waals surface area contributed by atoms with Gasteiger partial charge in [-0.15, -0.1) is 0 Å². The molecule has 6 heteroatoms. The van der Waals surface area contributed by atoms with Crippen molar-refractivity contribution in [2.24, 2.45) is 11.7 Å². The summed E-state index contributed by atoms with van der Waals surface area (Å²) < 4.78 is 5.22. The van der Waals surface area contributed by atoms with Crippen molar-refractivity contribution in [3.8, 4) is 0 Å². The van der Waals surface area contributed by atoms with Crippen LogP contribution in [0.5, 0.6) is 0 Å². The van der Waals surface area contributed by atoms with Crippen LogP contribution in [0.25, 0.3) is 0 Å². The second-order valence-electron chi connectivity index (χ2n) is 6.66. The summed E-state index contributed by atoms with van der Waals surface area (Å²) in [6, 6.07) is -0.346. The number of amides is 2. The van der Waals surface area contributed by atoms with Crippen molar-refractivity contribution in [3.05, 3.63) is 0 Å². The molecule has 1 aliphatic carbocycles. The van der Waals surface area contributed by atoms with Gasteiger partial charge in [0.15, 0.2) is 0 Å². The highest BCUT2D eigenvalue weighted by Gasteiger charge is 2.34. The molecule has 1 rings (SSSR count). The zero-order chi connectivity index (χ0) is 15.5. The number of hydrogen-bond donors (Lipinski definition) is 2. The maximum absolute atomic E-state index is 11.9. The van der Waals surface area contributed by atoms with Crippen LogP contribution in [0.4, 0.5) is 4.79 Å². The highest BCUT2D eigenvalue weighted by molar-refractivity contribution is 5.78. The van der Waals surface area contributed by atoms with Gasteiger partial charge in [-0.1, -0.05) is 0 Å². The van der Waals surface area contributed by atoms with Gasteiger partial charge in [-0.3, -0.25) is 4.79 Å². The van der Waals surface area contributed by atoms with Crippen molar-refractivity contribution in [2.45, 2.75) is 57.7 Å². The minimum absolute atomic E-state index is 0.0447. The lowest BCUT2D eigenvalue weighted by molar-refractivity contribution is -0.134. The fraction of sp³-hybridized carbons (Fsp3) is 0.857. The fourth-order valence-electron chi connectivity index (χ4n) is 2.43. The average molecular weight is 285 g/mol. The predicted molar refractivity (Wildman–Crippen MR) is 77.2 cm³/mol. The lowest BCUT2D eigenvalue weighted by atomic mass is 9.82. The van der Waals surface area contributed by atoms with E-state index in [0.29, 0.717) is 12.8 Å². The first-order valence-corrected chi connectivity index (χ1v) is 7.06. The van der Waals surface area contributed by atoms with E-state index >= 15 is 0 Å². The molecule has 1 fully saturated rings. The van der Waals surface area contributed by atoms with Crippen LogP contribution in [0.2, 0.25) is 0 Å². The van der Waals surface area contributed by atoms with E-state index in [4.69, 9.17) is 10.5 Å². The van der Waals surface area contributed by atoms with Gasteiger partial charge in [0.1, 0.15) is 5.60 Å². The summed E-state index contributed by atoms with van der Waals surface area (Å²) in [5.74, 6) is 0.0628. The van der Waals surface area contributed by atoms with Gasteiger partial charge in [-0.05, 0) is 40.0 Å². The number of ether oxygens (including phenoxy) is 1. The van der Waals surface area contributed by atoms with E-state index in [-0.39, 0.29) is 23.9 Å². The number of alkyl carbamates (subject to hydrolysis) is 1. The molecule has 116 valence electrons. The lowest BCUT2D eigenvalue weighted by Gasteiger charge is -2.35. The van der Waals surface area contributed by atoms with Crippen molar-refractivity contribution >= 4 is 12.0 Å². The minimum atomic E-state index is -0.522. The Labute approximate surface area is 121 Å². The number of nitrogens with zero attached hydrogens (tertiary/aromatic N) is 1. The maximum Gasteiger partial charge on any atom is 0.407 e. The largest absolute Gasteiger partial charge is 0.444 e. The van der Waals surface area contributed by atoms with Crippen molar-refractivity contribution in [1.29, 1.82) is 0 Å². The number of hydrogen-bond acceptors (Lipinski definition) is 4. The summed E-state index contributed by atoms with van der Waals surface area (Å²) in [7, 11) is 3.50. The van der Waals surface area contributed by atoms with Crippen LogP contribution in [0.3, 0.4) is 0 Å². The molecule has 0 spiro atoms. The first-order valence-electron chi connectivity index (χ1n) is 7.06. The van der Waals surface area contributed by atoms with Crippen LogP contribution in [0.15, 0.2) is 0 Å². The predicted octanol–water partition coefficient (Wildman–Crippen LogP) is 1.10. The van der Waals surface area contributed by atoms with Crippen LogP contribution in [-0.2, 0) is 9.53 Å². The summed E-state index contributed by atoms with van der Waals surface area (Å²) in [4.78, 5) is 25.2. The van der Waals surface area contributed by atoms with Gasteiger partial charge in [0.2, 0.25) is 5.91 Å². The smallest absolute Gasteiger partial charge is 0.407 e. The molecule has 3 unspecified atom stereocenters. The number of carbonyl (C=O) groups is 2. The Kier molecular flexibility index (Phi) is 5.39. The van der Waals surface area contributed by atoms with Crippen molar-refractivity contribution in [1.82, 2.24) is 10.2 Å². The van der Waals surface area contributed by atoms with Crippen molar-refractivity contribution in [2.75, 3.05) is 14.1 Å². The summed E-state index contributed by atoms with van der Waals surface area (Å²) in [5, 5.41) is 2.80. The maximum atomic E-state index is 11.9. The lowest BCUT2D eigenvalue weighted by Crippen LogP contribution is -2.53. The average Bonchev–Trinajstić information content (AvgIpc) is 2.28. The Balaban J connectivity index is 2.49. The van der Waals surface area contributed by atoms with Gasteiger partial charge in [0.25, 0.3) is 0 Å². The Morgan fingerprint density at radius 3 is 2.30 bits per heavy atom. The first kappa shape index (κ1) is 16.8. The molecular formula is C14H27N3O3. The van der Waals surface area contributed by atoms with E-state index in [1.807, 2.05) is 20.8 Å². The third-order valence-corrected chi connectivity index (χ3v) is 3.39. The van der Waals surface area contributed by atoms with Gasteiger partial charge in [0.05, 0.1) is 0 Å². The van der Waals surface area contributed by atoms with E-state index in [0.717, 1.165) is 6.42 Å². The minimum Gasteiger partial charge on any atom is -0.444 e. The molecule has 0 saturated heterocycles. The van der Waals surface area contributed by atoms with Crippen LogP contribution in [0, 0.1) is 5.92 Å². The van der Waals surface area contributed by atoms with E-state index in [1.165, 1.54) is 0 Å². The van der Waals surface area contributed by atoms with Crippen molar-refractivity contribution in [3.63, 3.8) is 0 Å². The van der Waals surface area contributed by atoms with Gasteiger partial charge in [0, 0.05) is 32.1 Å². The Bertz CT molecular complexity index is 363. The Hall–Kier alpha value is -1.30. The van der Waals surface area contributed by atoms with Crippen LogP contribution in [0.1, 0.15) is 40.0 Å². The molecule has 3 atom stereocenters. The second kappa shape index (κ2) is 6.43. The number of rotatable bonds is 2. The molecule has 0 bridgehead atoms. The molecule has 0 aromatic rings. The quantitative estimate of drug-likeness (QED) is 0.795. The molecule has 0 aromatic heterocycles. The zero-order valence-electron chi connectivity index (χ0n) is 13.1. The third kappa shape index (κ3) is 5.00. The van der Waals surface area contributed by atoms with Crippen LogP contribution >= 0.6 is 0 Å². The zero-order valence-corrected chi connectivity index (χ0v) is 13.1. The normalized spacial score (nSPS) is 26.8. The van der Waals surface area contributed by atoms with Crippen LogP contribution in [-0.4, -0.2) is 48.7 Å². The van der Waals surface area contributed by atoms with Gasteiger partial charge < -0.3 is 20.7 Å². The van der Waals surface area contributed by atoms with Crippen molar-refractivity contribution < 1.29 is 14.3 Å². The molecule has 6 nitrogen and oxygen atoms in total. The molecule has 0 radical (unpaired) electrons. The topological polar surface area (TPSA) is 84.7 Å². The number of nitrogens with two attached hydrogens (primary N) is 1. The molecule has 1 saturated carbocycles. The SMILES string of the molecule is CN(C)C(=O)C1CCC(NC(=O)OC(C)(C)C)C(N)C1. The highest BCUT2D eigenvalue weighted by atomic mass is 16.6. The second-order valence-corrected chi connectivity index (χ2v) is 6.66. The van der Waals surface area contributed by atoms with E-state index in [2.05, 4.69) is 5.32 Å². The molecule has 0 heterocycles. The standard InChI is InChI=1S/C14H27N3O3/c1-14(2,3)20-13(19)16-11-7-6-9(8-10(11)15)12(18)17(4)5/h9-11H,6-8,15H2,1-5H3,(H,16,19). The summed E-state index contributed by atoms with van der Waals surface area (Å²) in [5.41, 5.74) is 5.56. The Morgan fingerprint density at radius 2 is 1.85 bits per heavy atom. The molecule has 20 heavy (non-hydrogen) atoms. The van der Waals surface area contributed by atoms with Gasteiger partial charge in [-0.2, -0.15) is 0 Å². The van der Waals surface area contributed by atoms with E-state index < -0.39 is 11.7 Å². The summed E-state index contributed by atoms with van der Waals surface area (Å²) in [6.07, 6.45) is 1.59. The first-order chi connectivity index (χ1) is 9.10. The molecule has 1 aliphatic rings. The number of nitrogens with one attached hydrogen (secondary N) is 1. The molecule has 0 aliphatic heterocycles. The number of carbonyl (C=O) groups excluding carboxylic acids is 2. The molecule has 3 N–H and O–H groups in total. The highest BCUT2D eigenvalue weighted by Crippen LogP contribution is 2.25. The van der Waals surface area contributed by atoms with E-state index in [9.17, 15) is 9.59 Å². The van der Waals surface area contributed by atoms with Gasteiger partial charge >= 0.3 is 6.09 Å². The third-order valence-electron chi connectivity index (χ3n) is 3.39. The molecule has 2 amide bonds. The molecule has 0 aromatic carbocycles. The van der Waals surface area contributed by atoms with Gasteiger partial charge in [-0.25, -0.2) is 4.79 Å². The van der Waals surface area contributed by atoms with Crippen LogP contribution < -0.4 is 11.1 Å².